The number of fused-ring (bicyclic) bond motifs is 4. The second kappa shape index (κ2) is 9.43. The smallest absolute Gasteiger partial charge is 0.283 e. The lowest BCUT2D eigenvalue weighted by Crippen LogP contribution is -2.26. The number of aromatic nitrogens is 6. The van der Waals surface area contributed by atoms with Crippen LogP contribution in [0.3, 0.4) is 0 Å². The van der Waals surface area contributed by atoms with Gasteiger partial charge in [-0.1, -0.05) is 23.4 Å². The van der Waals surface area contributed by atoms with Gasteiger partial charge in [0.2, 0.25) is 5.95 Å². The summed E-state index contributed by atoms with van der Waals surface area (Å²) in [4.78, 5) is 21.1. The number of imidazole rings is 1. The van der Waals surface area contributed by atoms with Crippen molar-refractivity contribution < 1.29 is 13.2 Å². The van der Waals surface area contributed by atoms with Crippen molar-refractivity contribution in [3.63, 3.8) is 0 Å². The van der Waals surface area contributed by atoms with Gasteiger partial charge in [-0.25, -0.2) is 18.4 Å². The molecule has 2 aliphatic heterocycles. The molecule has 2 aromatic carbocycles. The lowest BCUT2D eigenvalue weighted by atomic mass is 9.99. The molecule has 3 unspecified atom stereocenters. The molecule has 3 aromatic heterocycles. The third-order valence-corrected chi connectivity index (χ3v) is 8.85. The Labute approximate surface area is 247 Å². The van der Waals surface area contributed by atoms with Crippen LogP contribution >= 0.6 is 11.6 Å². The van der Waals surface area contributed by atoms with Crippen LogP contribution in [0.5, 0.6) is 0 Å². The molecule has 1 aliphatic carbocycles. The van der Waals surface area contributed by atoms with E-state index in [1.165, 1.54) is 10.7 Å². The third-order valence-electron chi connectivity index (χ3n) is 8.62. The molecule has 3 aliphatic rings. The van der Waals surface area contributed by atoms with E-state index >= 15 is 4.39 Å². The predicted octanol–water partition coefficient (Wildman–Crippen LogP) is 6.79. The van der Waals surface area contributed by atoms with E-state index in [9.17, 15) is 13.6 Å². The normalized spacial score (nSPS) is 20.1. The molecular weight excluding hydrogens is 579 g/mol. The Morgan fingerprint density at radius 3 is 2.74 bits per heavy atom. The van der Waals surface area contributed by atoms with Gasteiger partial charge < -0.3 is 14.9 Å². The van der Waals surface area contributed by atoms with E-state index in [4.69, 9.17) is 11.6 Å². The van der Waals surface area contributed by atoms with Crippen LogP contribution in [0, 0.1) is 11.9 Å². The zero-order valence-electron chi connectivity index (χ0n) is 22.5. The molecule has 12 heteroatoms. The van der Waals surface area contributed by atoms with Gasteiger partial charge in [-0.3, -0.25) is 4.79 Å². The molecule has 5 aromatic rings. The van der Waals surface area contributed by atoms with Crippen LogP contribution in [0.1, 0.15) is 53.9 Å². The van der Waals surface area contributed by atoms with Gasteiger partial charge in [0.15, 0.2) is 0 Å². The van der Waals surface area contributed by atoms with Crippen molar-refractivity contribution in [2.45, 2.75) is 37.6 Å². The first-order valence-corrected chi connectivity index (χ1v) is 14.2. The summed E-state index contributed by atoms with van der Waals surface area (Å²) < 4.78 is 44.8. The Balaban J connectivity index is 1.18. The van der Waals surface area contributed by atoms with Crippen molar-refractivity contribution >= 4 is 17.3 Å². The molecule has 1 fully saturated rings. The number of allylic oxidation sites excluding steroid dienone is 1. The highest BCUT2D eigenvalue weighted by atomic mass is 35.5. The Kier molecular flexibility index (Phi) is 5.71. The Morgan fingerprint density at radius 2 is 1.93 bits per heavy atom. The molecule has 0 bridgehead atoms. The number of halogens is 4. The Morgan fingerprint density at radius 1 is 1.07 bits per heavy atom. The SMILES string of the molecule is C=C1CCc2cc(-c3nc(F)c(C4C5CC5c5cc(-c6cc(Cl)ccc6-n6cc(C(F)F)nn6)cc(=O)n54)[nH]3)ccc2N1. The number of nitrogens with zero attached hydrogens (tertiary/aromatic N) is 5. The zero-order chi connectivity index (χ0) is 29.6. The van der Waals surface area contributed by atoms with Gasteiger partial charge in [-0.2, -0.15) is 4.39 Å². The molecule has 0 saturated heterocycles. The predicted molar refractivity (Wildman–Crippen MR) is 155 cm³/mol. The minimum atomic E-state index is -2.77. The molecule has 2 N–H and O–H groups in total. The first kappa shape index (κ1) is 26.0. The van der Waals surface area contributed by atoms with Gasteiger partial charge in [-0.15, -0.1) is 5.10 Å². The largest absolute Gasteiger partial charge is 0.359 e. The molecule has 8 nitrogen and oxygen atoms in total. The standard InChI is InChI=1S/C31H23ClF3N7O/c1-14-2-3-15-8-16(4-6-22(15)36-14)31-37-27(30(35)38-31)28-21-12-20(21)25-9-17(10-26(43)42(25)28)19-11-18(32)5-7-24(19)41-13-23(29(33)34)39-40-41/h4-11,13,20-21,28-29,36H,1-3,12H2,(H,37,38). The van der Waals surface area contributed by atoms with Crippen molar-refractivity contribution in [1.29, 1.82) is 0 Å². The number of nitrogens with one attached hydrogen (secondary N) is 2. The molecule has 0 amide bonds. The van der Waals surface area contributed by atoms with Crippen LogP contribution in [0.4, 0.5) is 18.9 Å². The van der Waals surface area contributed by atoms with Gasteiger partial charge >= 0.3 is 0 Å². The monoisotopic (exact) mass is 601 g/mol. The van der Waals surface area contributed by atoms with Crippen molar-refractivity contribution in [3.05, 3.63) is 111 Å². The molecular formula is C31H23ClF3N7O. The molecule has 3 atom stereocenters. The van der Waals surface area contributed by atoms with Crippen molar-refractivity contribution in [2.24, 2.45) is 5.92 Å². The fraction of sp³-hybridized carbons (Fsp3) is 0.226. The first-order chi connectivity index (χ1) is 20.7. The van der Waals surface area contributed by atoms with Crippen LogP contribution in [0.2, 0.25) is 5.02 Å². The highest BCUT2D eigenvalue weighted by Gasteiger charge is 2.54. The molecule has 5 heterocycles. The Hall–Kier alpha value is -4.64. The van der Waals surface area contributed by atoms with Gasteiger partial charge in [0.1, 0.15) is 11.5 Å². The molecule has 216 valence electrons. The van der Waals surface area contributed by atoms with Crippen molar-refractivity contribution in [3.8, 4) is 28.2 Å². The van der Waals surface area contributed by atoms with E-state index in [0.717, 1.165) is 53.7 Å². The highest BCUT2D eigenvalue weighted by Crippen LogP contribution is 2.61. The summed E-state index contributed by atoms with van der Waals surface area (Å²) in [7, 11) is 0. The number of rotatable bonds is 5. The third kappa shape index (κ3) is 4.21. The molecule has 43 heavy (non-hydrogen) atoms. The Bertz CT molecular complexity index is 2030. The summed E-state index contributed by atoms with van der Waals surface area (Å²) in [6.07, 6.45) is 0.845. The first-order valence-electron chi connectivity index (χ1n) is 13.9. The summed E-state index contributed by atoms with van der Waals surface area (Å²) in [5, 5.41) is 11.1. The van der Waals surface area contributed by atoms with Crippen LogP contribution < -0.4 is 10.9 Å². The molecule has 8 rings (SSSR count). The van der Waals surface area contributed by atoms with E-state index in [-0.39, 0.29) is 23.1 Å². The number of aromatic amines is 1. The quantitative estimate of drug-likeness (QED) is 0.231. The number of benzene rings is 2. The maximum Gasteiger partial charge on any atom is 0.283 e. The van der Waals surface area contributed by atoms with Crippen molar-refractivity contribution in [2.75, 3.05) is 5.32 Å². The lowest BCUT2D eigenvalue weighted by molar-refractivity contribution is 0.146. The van der Waals surface area contributed by atoms with Crippen molar-refractivity contribution in [1.82, 2.24) is 29.5 Å². The van der Waals surface area contributed by atoms with E-state index < -0.39 is 24.1 Å². The maximum atomic E-state index is 15.5. The van der Waals surface area contributed by atoms with Gasteiger partial charge in [0, 0.05) is 45.2 Å². The van der Waals surface area contributed by atoms with E-state index in [1.54, 1.807) is 22.8 Å². The van der Waals surface area contributed by atoms with Crippen LogP contribution in [-0.2, 0) is 6.42 Å². The number of anilines is 1. The zero-order valence-corrected chi connectivity index (χ0v) is 23.2. The minimum Gasteiger partial charge on any atom is -0.359 e. The second-order valence-corrected chi connectivity index (χ2v) is 11.7. The van der Waals surface area contributed by atoms with Gasteiger partial charge in [0.25, 0.3) is 12.0 Å². The second-order valence-electron chi connectivity index (χ2n) is 11.3. The van der Waals surface area contributed by atoms with Gasteiger partial charge in [-0.05, 0) is 78.8 Å². The fourth-order valence-corrected chi connectivity index (χ4v) is 6.69. The summed E-state index contributed by atoms with van der Waals surface area (Å²) in [6, 6.07) is 13.6. The van der Waals surface area contributed by atoms with Crippen LogP contribution in [0.15, 0.2) is 71.8 Å². The number of hydrogen-bond donors (Lipinski definition) is 2. The summed E-state index contributed by atoms with van der Waals surface area (Å²) >= 11 is 6.31. The topological polar surface area (TPSA) is 93.4 Å². The van der Waals surface area contributed by atoms with Crippen LogP contribution in [-0.4, -0.2) is 29.5 Å². The van der Waals surface area contributed by atoms with Gasteiger partial charge in [0.05, 0.1) is 23.6 Å². The fourth-order valence-electron chi connectivity index (χ4n) is 6.52. The number of alkyl halides is 2. The number of hydrogen-bond acceptors (Lipinski definition) is 5. The minimum absolute atomic E-state index is 0.0484. The molecule has 0 spiro atoms. The number of pyridine rings is 1. The van der Waals surface area contributed by atoms with E-state index in [1.807, 2.05) is 24.3 Å². The van der Waals surface area contributed by atoms with E-state index in [2.05, 4.69) is 32.2 Å². The maximum absolute atomic E-state index is 15.5. The average Bonchev–Trinajstić information content (AvgIpc) is 3.29. The number of aryl methyl sites for hydroxylation is 1. The van der Waals surface area contributed by atoms with E-state index in [0.29, 0.717) is 27.7 Å². The molecule has 1 saturated carbocycles. The summed E-state index contributed by atoms with van der Waals surface area (Å²) in [5.41, 5.74) is 5.67. The highest BCUT2D eigenvalue weighted by molar-refractivity contribution is 6.31. The summed E-state index contributed by atoms with van der Waals surface area (Å²) in [5.74, 6) is -0.0927. The number of H-pyrrole nitrogens is 1. The molecule has 0 radical (unpaired) electrons. The summed E-state index contributed by atoms with van der Waals surface area (Å²) in [6.45, 7) is 4.00. The van der Waals surface area contributed by atoms with Crippen LogP contribution in [0.25, 0.3) is 28.2 Å². The average molecular weight is 602 g/mol. The lowest BCUT2D eigenvalue weighted by Gasteiger charge is -2.20.